The van der Waals surface area contributed by atoms with Crippen LogP contribution in [-0.4, -0.2) is 12.0 Å². The van der Waals surface area contributed by atoms with Gasteiger partial charge in [-0.25, -0.2) is 5.84 Å². The van der Waals surface area contributed by atoms with Crippen LogP contribution in [0.15, 0.2) is 10.5 Å². The van der Waals surface area contributed by atoms with E-state index >= 15 is 0 Å². The lowest BCUT2D eigenvalue weighted by atomic mass is 10.1. The third kappa shape index (κ3) is 3.81. The van der Waals surface area contributed by atoms with E-state index in [9.17, 15) is 4.79 Å². The number of carbonyl (C=O) groups is 1. The molecular formula is C14H22N2O3. The Bertz CT molecular complexity index is 420. The van der Waals surface area contributed by atoms with Crippen molar-refractivity contribution in [2.24, 2.45) is 5.84 Å². The molecule has 0 atom stereocenters. The monoisotopic (exact) mass is 266 g/mol. The minimum atomic E-state index is -0.413. The normalized spacial score (nSPS) is 17.2. The van der Waals surface area contributed by atoms with Gasteiger partial charge in [-0.1, -0.05) is 25.7 Å². The highest BCUT2D eigenvalue weighted by atomic mass is 16.5. The topological polar surface area (TPSA) is 77.5 Å². The fourth-order valence-corrected chi connectivity index (χ4v) is 2.46. The van der Waals surface area contributed by atoms with Gasteiger partial charge in [0.15, 0.2) is 5.76 Å². The maximum absolute atomic E-state index is 11.4. The van der Waals surface area contributed by atoms with Gasteiger partial charge >= 0.3 is 5.91 Å². The molecule has 1 heterocycles. The smallest absolute Gasteiger partial charge is 0.300 e. The molecule has 106 valence electrons. The molecule has 0 saturated heterocycles. The van der Waals surface area contributed by atoms with Crippen molar-refractivity contribution in [3.63, 3.8) is 0 Å². The Kier molecular flexibility index (Phi) is 4.99. The molecule has 2 rings (SSSR count). The van der Waals surface area contributed by atoms with Crippen molar-refractivity contribution >= 4 is 5.91 Å². The Balaban J connectivity index is 1.91. The van der Waals surface area contributed by atoms with Gasteiger partial charge < -0.3 is 9.15 Å². The van der Waals surface area contributed by atoms with Gasteiger partial charge in [-0.3, -0.25) is 10.2 Å². The lowest BCUT2D eigenvalue weighted by Gasteiger charge is -2.14. The quantitative estimate of drug-likeness (QED) is 0.380. The minimum Gasteiger partial charge on any atom is -0.456 e. The van der Waals surface area contributed by atoms with Crippen molar-refractivity contribution in [3.05, 3.63) is 23.2 Å². The summed E-state index contributed by atoms with van der Waals surface area (Å²) in [6, 6.07) is 1.70. The molecule has 1 aromatic rings. The molecule has 1 saturated carbocycles. The van der Waals surface area contributed by atoms with Gasteiger partial charge in [0.1, 0.15) is 5.76 Å². The highest BCUT2D eigenvalue weighted by molar-refractivity contribution is 5.91. The SMILES string of the molecule is Cc1oc(C(=O)NN)cc1COC1CCCCCC1. The second-order valence-corrected chi connectivity index (χ2v) is 5.09. The summed E-state index contributed by atoms with van der Waals surface area (Å²) < 4.78 is 11.3. The predicted molar refractivity (Wildman–Crippen MR) is 71.4 cm³/mol. The first kappa shape index (κ1) is 14.1. The number of nitrogen functional groups attached to an aromatic ring is 1. The van der Waals surface area contributed by atoms with Gasteiger partial charge in [-0.05, 0) is 25.8 Å². The molecule has 1 fully saturated rings. The number of hydrazine groups is 1. The summed E-state index contributed by atoms with van der Waals surface area (Å²) in [6.07, 6.45) is 7.71. The van der Waals surface area contributed by atoms with Gasteiger partial charge in [0.05, 0.1) is 12.7 Å². The number of furan rings is 1. The zero-order chi connectivity index (χ0) is 13.7. The molecule has 3 N–H and O–H groups in total. The number of nitrogens with two attached hydrogens (primary N) is 1. The van der Waals surface area contributed by atoms with Gasteiger partial charge in [-0.15, -0.1) is 0 Å². The van der Waals surface area contributed by atoms with E-state index < -0.39 is 5.91 Å². The van der Waals surface area contributed by atoms with Gasteiger partial charge in [0.25, 0.3) is 0 Å². The summed E-state index contributed by atoms with van der Waals surface area (Å²) in [4.78, 5) is 11.4. The summed E-state index contributed by atoms with van der Waals surface area (Å²) in [5, 5.41) is 0. The van der Waals surface area contributed by atoms with Crippen molar-refractivity contribution in [1.29, 1.82) is 0 Å². The first-order valence-corrected chi connectivity index (χ1v) is 6.92. The van der Waals surface area contributed by atoms with E-state index in [0.717, 1.165) is 18.4 Å². The number of ether oxygens (including phenoxy) is 1. The van der Waals surface area contributed by atoms with Crippen LogP contribution < -0.4 is 11.3 Å². The first-order chi connectivity index (χ1) is 9.20. The standard InChI is InChI=1S/C14H22N2O3/c1-10-11(8-13(19-10)14(17)16-15)9-18-12-6-4-2-3-5-7-12/h8,12H,2-7,9,15H2,1H3,(H,16,17). The second-order valence-electron chi connectivity index (χ2n) is 5.09. The number of aryl methyl sites for hydroxylation is 1. The molecule has 0 radical (unpaired) electrons. The summed E-state index contributed by atoms with van der Waals surface area (Å²) in [7, 11) is 0. The van der Waals surface area contributed by atoms with Crippen LogP contribution in [-0.2, 0) is 11.3 Å². The van der Waals surface area contributed by atoms with Crippen LogP contribution >= 0.6 is 0 Å². The number of amides is 1. The molecule has 0 spiro atoms. The maximum atomic E-state index is 11.4. The summed E-state index contributed by atoms with van der Waals surface area (Å²) >= 11 is 0. The largest absolute Gasteiger partial charge is 0.456 e. The van der Waals surface area contributed by atoms with Crippen LogP contribution in [0.4, 0.5) is 0 Å². The molecule has 1 aromatic heterocycles. The Labute approximate surface area is 113 Å². The minimum absolute atomic E-state index is 0.236. The summed E-state index contributed by atoms with van der Waals surface area (Å²) in [5.74, 6) is 5.62. The Morgan fingerprint density at radius 3 is 2.74 bits per heavy atom. The van der Waals surface area contributed by atoms with Crippen LogP contribution in [0.3, 0.4) is 0 Å². The van der Waals surface area contributed by atoms with Crippen molar-refractivity contribution in [2.75, 3.05) is 0 Å². The zero-order valence-electron chi connectivity index (χ0n) is 11.4. The fraction of sp³-hybridized carbons (Fsp3) is 0.643. The van der Waals surface area contributed by atoms with E-state index in [-0.39, 0.29) is 5.76 Å². The lowest BCUT2D eigenvalue weighted by molar-refractivity contribution is 0.0304. The fourth-order valence-electron chi connectivity index (χ4n) is 2.46. The van der Waals surface area contributed by atoms with Crippen molar-refractivity contribution in [3.8, 4) is 0 Å². The van der Waals surface area contributed by atoms with Crippen molar-refractivity contribution < 1.29 is 13.9 Å². The number of rotatable bonds is 4. The number of hydrogen-bond acceptors (Lipinski definition) is 4. The Morgan fingerprint density at radius 2 is 2.11 bits per heavy atom. The number of hydrogen-bond donors (Lipinski definition) is 2. The van der Waals surface area contributed by atoms with Crippen LogP contribution in [0.25, 0.3) is 0 Å². The third-order valence-corrected chi connectivity index (χ3v) is 3.65. The predicted octanol–water partition coefficient (Wildman–Crippen LogP) is 2.43. The van der Waals surface area contributed by atoms with E-state index in [1.54, 1.807) is 6.07 Å². The maximum Gasteiger partial charge on any atom is 0.300 e. The molecule has 1 aliphatic rings. The molecular weight excluding hydrogens is 244 g/mol. The van der Waals surface area contributed by atoms with E-state index in [4.69, 9.17) is 15.0 Å². The molecule has 19 heavy (non-hydrogen) atoms. The van der Waals surface area contributed by atoms with Gasteiger partial charge in [0, 0.05) is 5.56 Å². The van der Waals surface area contributed by atoms with Crippen LogP contribution in [0, 0.1) is 6.92 Å². The number of carbonyl (C=O) groups excluding carboxylic acids is 1. The average molecular weight is 266 g/mol. The van der Waals surface area contributed by atoms with E-state index in [1.807, 2.05) is 6.92 Å². The Morgan fingerprint density at radius 1 is 1.42 bits per heavy atom. The third-order valence-electron chi connectivity index (χ3n) is 3.65. The molecule has 0 unspecified atom stereocenters. The summed E-state index contributed by atoms with van der Waals surface area (Å²) in [6.45, 7) is 2.33. The van der Waals surface area contributed by atoms with Gasteiger partial charge in [-0.2, -0.15) is 0 Å². The van der Waals surface area contributed by atoms with E-state index in [1.165, 1.54) is 25.7 Å². The molecule has 1 amide bonds. The molecule has 5 nitrogen and oxygen atoms in total. The van der Waals surface area contributed by atoms with E-state index in [2.05, 4.69) is 5.43 Å². The van der Waals surface area contributed by atoms with Gasteiger partial charge in [0.2, 0.25) is 0 Å². The lowest BCUT2D eigenvalue weighted by Crippen LogP contribution is -2.29. The molecule has 0 aromatic carbocycles. The van der Waals surface area contributed by atoms with Crippen molar-refractivity contribution in [1.82, 2.24) is 5.43 Å². The van der Waals surface area contributed by atoms with Crippen LogP contribution in [0.2, 0.25) is 0 Å². The molecule has 1 aliphatic carbocycles. The van der Waals surface area contributed by atoms with Crippen molar-refractivity contribution in [2.45, 2.75) is 58.2 Å². The molecule has 5 heteroatoms. The first-order valence-electron chi connectivity index (χ1n) is 6.92. The summed E-state index contributed by atoms with van der Waals surface area (Å²) in [5.41, 5.74) is 2.98. The molecule has 0 bridgehead atoms. The van der Waals surface area contributed by atoms with Crippen LogP contribution in [0.1, 0.15) is 60.4 Å². The van der Waals surface area contributed by atoms with E-state index in [0.29, 0.717) is 18.5 Å². The average Bonchev–Trinajstić information content (AvgIpc) is 2.64. The van der Waals surface area contributed by atoms with Crippen LogP contribution in [0.5, 0.6) is 0 Å². The number of nitrogens with one attached hydrogen (secondary N) is 1. The highest BCUT2D eigenvalue weighted by Gasteiger charge is 2.16. The Hall–Kier alpha value is -1.33. The zero-order valence-corrected chi connectivity index (χ0v) is 11.4. The highest BCUT2D eigenvalue weighted by Crippen LogP contribution is 2.22. The second kappa shape index (κ2) is 6.73. The molecule has 0 aliphatic heterocycles.